The standard InChI is InChI=1S/C18H20N8/c19-4-2-17(3-5-20)9-18(10-17,11-21)26-8-13(7-25-26)15-14-1-6-22-16(14)24-12-23-15/h7-8,12H,1-3,6,9-11,21H2,(H,22,23,24). The summed E-state index contributed by atoms with van der Waals surface area (Å²) >= 11 is 0. The molecule has 132 valence electrons. The van der Waals surface area contributed by atoms with Gasteiger partial charge in [0.1, 0.15) is 12.1 Å². The van der Waals surface area contributed by atoms with Crippen LogP contribution < -0.4 is 11.1 Å². The second kappa shape index (κ2) is 6.08. The zero-order chi connectivity index (χ0) is 18.2. The quantitative estimate of drug-likeness (QED) is 0.839. The van der Waals surface area contributed by atoms with E-state index >= 15 is 0 Å². The highest BCUT2D eigenvalue weighted by molar-refractivity contribution is 5.69. The minimum absolute atomic E-state index is 0.269. The first-order chi connectivity index (χ1) is 12.7. The molecule has 8 nitrogen and oxygen atoms in total. The molecule has 0 saturated heterocycles. The van der Waals surface area contributed by atoms with Crippen molar-refractivity contribution < 1.29 is 0 Å². The average molecular weight is 348 g/mol. The number of aromatic nitrogens is 4. The molecule has 3 N–H and O–H groups in total. The summed E-state index contributed by atoms with van der Waals surface area (Å²) in [6, 6.07) is 4.44. The van der Waals surface area contributed by atoms with E-state index in [0.717, 1.165) is 35.6 Å². The molecule has 1 aliphatic heterocycles. The van der Waals surface area contributed by atoms with Crippen molar-refractivity contribution in [2.24, 2.45) is 11.1 Å². The van der Waals surface area contributed by atoms with E-state index in [9.17, 15) is 0 Å². The van der Waals surface area contributed by atoms with Crippen LogP contribution in [0.1, 0.15) is 31.2 Å². The Hall–Kier alpha value is -2.97. The maximum Gasteiger partial charge on any atom is 0.133 e. The first-order valence-corrected chi connectivity index (χ1v) is 8.73. The predicted octanol–water partition coefficient (Wildman–Crippen LogP) is 1.57. The molecule has 2 aromatic rings. The molecule has 1 aliphatic carbocycles. The van der Waals surface area contributed by atoms with Crippen molar-refractivity contribution in [2.75, 3.05) is 18.4 Å². The zero-order valence-electron chi connectivity index (χ0n) is 14.4. The summed E-state index contributed by atoms with van der Waals surface area (Å²) in [6.45, 7) is 1.29. The van der Waals surface area contributed by atoms with Gasteiger partial charge in [0, 0.05) is 48.7 Å². The molecule has 2 aliphatic rings. The van der Waals surface area contributed by atoms with E-state index in [2.05, 4.69) is 32.5 Å². The molecule has 8 heteroatoms. The van der Waals surface area contributed by atoms with Crippen LogP contribution in [0, 0.1) is 28.1 Å². The lowest BCUT2D eigenvalue weighted by atomic mass is 9.54. The highest BCUT2D eigenvalue weighted by atomic mass is 15.3. The van der Waals surface area contributed by atoms with Gasteiger partial charge in [0.25, 0.3) is 0 Å². The van der Waals surface area contributed by atoms with Crippen molar-refractivity contribution >= 4 is 5.82 Å². The Morgan fingerprint density at radius 1 is 1.23 bits per heavy atom. The van der Waals surface area contributed by atoms with Crippen molar-refractivity contribution in [3.8, 4) is 23.4 Å². The van der Waals surface area contributed by atoms with Crippen molar-refractivity contribution in [1.29, 1.82) is 10.5 Å². The number of nitrogens with zero attached hydrogens (tertiary/aromatic N) is 6. The summed E-state index contributed by atoms with van der Waals surface area (Å²) in [7, 11) is 0. The van der Waals surface area contributed by atoms with Gasteiger partial charge in [-0.25, -0.2) is 9.97 Å². The SMILES string of the molecule is N#CCC1(CC#N)CC(CN)(n2cc(-c3ncnc4c3CCN4)cn2)C1. The molecule has 0 spiro atoms. The van der Waals surface area contributed by atoms with E-state index in [0.29, 0.717) is 32.2 Å². The Bertz CT molecular complexity index is 892. The number of nitriles is 2. The van der Waals surface area contributed by atoms with Crippen molar-refractivity contribution in [3.63, 3.8) is 0 Å². The molecule has 3 heterocycles. The lowest BCUT2D eigenvalue weighted by Crippen LogP contribution is -2.57. The first kappa shape index (κ1) is 16.5. The van der Waals surface area contributed by atoms with Gasteiger partial charge >= 0.3 is 0 Å². The smallest absolute Gasteiger partial charge is 0.133 e. The van der Waals surface area contributed by atoms with Gasteiger partial charge in [-0.15, -0.1) is 0 Å². The van der Waals surface area contributed by atoms with Crippen molar-refractivity contribution in [2.45, 2.75) is 37.6 Å². The van der Waals surface area contributed by atoms with Crippen LogP contribution in [0.3, 0.4) is 0 Å². The van der Waals surface area contributed by atoms with Gasteiger partial charge in [-0.2, -0.15) is 15.6 Å². The van der Waals surface area contributed by atoms with Crippen LogP contribution in [0.2, 0.25) is 0 Å². The minimum atomic E-state index is -0.333. The molecule has 2 aromatic heterocycles. The number of rotatable bonds is 5. The predicted molar refractivity (Wildman–Crippen MR) is 94.6 cm³/mol. The minimum Gasteiger partial charge on any atom is -0.369 e. The number of fused-ring (bicyclic) bond motifs is 1. The van der Waals surface area contributed by atoms with E-state index in [-0.39, 0.29) is 11.0 Å². The van der Waals surface area contributed by atoms with Crippen LogP contribution >= 0.6 is 0 Å². The number of nitrogens with two attached hydrogens (primary N) is 1. The van der Waals surface area contributed by atoms with E-state index in [1.165, 1.54) is 0 Å². The summed E-state index contributed by atoms with van der Waals surface area (Å²) in [5.41, 5.74) is 8.45. The summed E-state index contributed by atoms with van der Waals surface area (Å²) in [5.74, 6) is 0.891. The van der Waals surface area contributed by atoms with Gasteiger partial charge in [-0.1, -0.05) is 0 Å². The zero-order valence-corrected chi connectivity index (χ0v) is 14.4. The first-order valence-electron chi connectivity index (χ1n) is 8.73. The van der Waals surface area contributed by atoms with Crippen molar-refractivity contribution in [1.82, 2.24) is 19.7 Å². The van der Waals surface area contributed by atoms with E-state index < -0.39 is 0 Å². The molecule has 0 amide bonds. The Morgan fingerprint density at radius 2 is 2.00 bits per heavy atom. The maximum atomic E-state index is 9.12. The molecule has 1 fully saturated rings. The van der Waals surface area contributed by atoms with Gasteiger partial charge in [0.2, 0.25) is 0 Å². The van der Waals surface area contributed by atoms with Crippen molar-refractivity contribution in [3.05, 3.63) is 24.3 Å². The Balaban J connectivity index is 1.63. The number of nitrogens with one attached hydrogen (secondary N) is 1. The molecule has 26 heavy (non-hydrogen) atoms. The van der Waals surface area contributed by atoms with Crippen LogP contribution in [-0.4, -0.2) is 32.8 Å². The summed E-state index contributed by atoms with van der Waals surface area (Å²) in [4.78, 5) is 8.73. The van der Waals surface area contributed by atoms with E-state index in [4.69, 9.17) is 16.3 Å². The second-order valence-electron chi connectivity index (χ2n) is 7.35. The topological polar surface area (TPSA) is 129 Å². The molecule has 0 atom stereocenters. The summed E-state index contributed by atoms with van der Waals surface area (Å²) < 4.78 is 1.91. The Labute approximate surface area is 151 Å². The van der Waals surface area contributed by atoms with Gasteiger partial charge in [0.15, 0.2) is 0 Å². The molecule has 1 saturated carbocycles. The van der Waals surface area contributed by atoms with Gasteiger partial charge in [-0.3, -0.25) is 4.68 Å². The van der Waals surface area contributed by atoms with Gasteiger partial charge < -0.3 is 11.1 Å². The lowest BCUT2D eigenvalue weighted by Gasteiger charge is -2.54. The van der Waals surface area contributed by atoms with Crippen LogP contribution in [0.4, 0.5) is 5.82 Å². The third kappa shape index (κ3) is 2.42. The normalized spacial score (nSPS) is 18.9. The molecule has 4 rings (SSSR count). The molecular formula is C18H20N8. The van der Waals surface area contributed by atoms with Crippen LogP contribution in [0.5, 0.6) is 0 Å². The number of anilines is 1. The summed E-state index contributed by atoms with van der Waals surface area (Å²) in [5, 5.41) is 26.1. The molecule has 0 unspecified atom stereocenters. The second-order valence-corrected chi connectivity index (χ2v) is 7.35. The maximum absolute atomic E-state index is 9.12. The fourth-order valence-electron chi connectivity index (χ4n) is 4.45. The third-order valence-electron chi connectivity index (χ3n) is 5.65. The third-order valence-corrected chi connectivity index (χ3v) is 5.65. The fraction of sp³-hybridized carbons (Fsp3) is 0.500. The van der Waals surface area contributed by atoms with Gasteiger partial charge in [0.05, 0.1) is 29.6 Å². The Morgan fingerprint density at radius 3 is 2.69 bits per heavy atom. The number of hydrogen-bond acceptors (Lipinski definition) is 7. The Kier molecular flexibility index (Phi) is 3.86. The molecule has 0 aromatic carbocycles. The number of hydrogen-bond donors (Lipinski definition) is 2. The molecular weight excluding hydrogens is 328 g/mol. The summed E-state index contributed by atoms with van der Waals surface area (Å²) in [6.07, 6.45) is 8.40. The highest BCUT2D eigenvalue weighted by Gasteiger charge is 2.55. The molecule has 0 bridgehead atoms. The van der Waals surface area contributed by atoms with Crippen LogP contribution in [0.25, 0.3) is 11.3 Å². The largest absolute Gasteiger partial charge is 0.369 e. The average Bonchev–Trinajstić information content (AvgIpc) is 3.28. The van der Waals surface area contributed by atoms with Gasteiger partial charge in [-0.05, 0) is 19.3 Å². The highest BCUT2D eigenvalue weighted by Crippen LogP contribution is 2.56. The molecule has 0 radical (unpaired) electrons. The van der Waals surface area contributed by atoms with E-state index in [1.807, 2.05) is 17.1 Å². The fourth-order valence-corrected chi connectivity index (χ4v) is 4.45. The van der Waals surface area contributed by atoms with Crippen LogP contribution in [0.15, 0.2) is 18.7 Å². The van der Waals surface area contributed by atoms with E-state index in [1.54, 1.807) is 6.33 Å². The van der Waals surface area contributed by atoms with Crippen LogP contribution in [-0.2, 0) is 12.0 Å². The monoisotopic (exact) mass is 348 g/mol. The lowest BCUT2D eigenvalue weighted by molar-refractivity contribution is -0.0250.